The Balaban J connectivity index is 2.58. The van der Waals surface area contributed by atoms with E-state index in [2.05, 4.69) is 35.1 Å². The van der Waals surface area contributed by atoms with Gasteiger partial charge >= 0.3 is 0 Å². The lowest BCUT2D eigenvalue weighted by molar-refractivity contribution is 0.111. The van der Waals surface area contributed by atoms with Crippen molar-refractivity contribution in [1.82, 2.24) is 9.97 Å². The van der Waals surface area contributed by atoms with E-state index in [0.29, 0.717) is 5.69 Å². The molecule has 17 heavy (non-hydrogen) atoms. The molecule has 3 nitrogen and oxygen atoms in total. The van der Waals surface area contributed by atoms with Crippen LogP contribution in [0.25, 0.3) is 11.3 Å². The summed E-state index contributed by atoms with van der Waals surface area (Å²) in [4.78, 5) is 18.8. The maximum absolute atomic E-state index is 10.7. The van der Waals surface area contributed by atoms with Crippen LogP contribution in [0.4, 0.5) is 0 Å². The van der Waals surface area contributed by atoms with E-state index in [9.17, 15) is 4.79 Å². The molecule has 2 rings (SSSR count). The first kappa shape index (κ1) is 11.5. The van der Waals surface area contributed by atoms with E-state index in [1.807, 2.05) is 6.92 Å². The molecule has 0 fully saturated rings. The lowest BCUT2D eigenvalue weighted by Crippen LogP contribution is -1.95. The molecule has 0 radical (unpaired) electrons. The molecule has 86 valence electrons. The first-order chi connectivity index (χ1) is 8.24. The van der Waals surface area contributed by atoms with Crippen LogP contribution >= 0.6 is 0 Å². The van der Waals surface area contributed by atoms with Crippen LogP contribution in [-0.2, 0) is 6.42 Å². The molecule has 0 amide bonds. The third kappa shape index (κ3) is 2.38. The molecule has 1 heterocycles. The molecule has 0 unspecified atom stereocenters. The van der Waals surface area contributed by atoms with Crippen LogP contribution in [0.5, 0.6) is 0 Å². The summed E-state index contributed by atoms with van der Waals surface area (Å²) >= 11 is 0. The van der Waals surface area contributed by atoms with Gasteiger partial charge in [-0.15, -0.1) is 0 Å². The Labute approximate surface area is 101 Å². The van der Waals surface area contributed by atoms with Gasteiger partial charge in [-0.2, -0.15) is 0 Å². The third-order valence-electron chi connectivity index (χ3n) is 2.73. The lowest BCUT2D eigenvalue weighted by Gasteiger charge is -2.08. The molecule has 1 aromatic carbocycles. The molecule has 0 aliphatic heterocycles. The highest BCUT2D eigenvalue weighted by Crippen LogP contribution is 2.23. The summed E-state index contributed by atoms with van der Waals surface area (Å²) in [5, 5.41) is 0. The zero-order chi connectivity index (χ0) is 12.3. The Morgan fingerprint density at radius 1 is 1.24 bits per heavy atom. The summed E-state index contributed by atoms with van der Waals surface area (Å²) in [6.45, 7) is 4.15. The van der Waals surface area contributed by atoms with Crippen LogP contribution in [0.3, 0.4) is 0 Å². The molecule has 0 bridgehead atoms. The number of rotatable bonds is 3. The average molecular weight is 226 g/mol. The Bertz CT molecular complexity index is 550. The maximum Gasteiger partial charge on any atom is 0.168 e. The number of hydrogen-bond acceptors (Lipinski definition) is 3. The second kappa shape index (κ2) is 4.87. The summed E-state index contributed by atoms with van der Waals surface area (Å²) in [6.07, 6.45) is 3.11. The first-order valence-corrected chi connectivity index (χ1v) is 5.61. The van der Waals surface area contributed by atoms with Gasteiger partial charge in [0, 0.05) is 5.56 Å². The predicted octanol–water partition coefficient (Wildman–Crippen LogP) is 2.83. The SMILES string of the molecule is CCc1ccc(C)cc1-c1cc(C=O)ncn1. The Morgan fingerprint density at radius 3 is 2.76 bits per heavy atom. The third-order valence-corrected chi connectivity index (χ3v) is 2.73. The van der Waals surface area contributed by atoms with Crippen molar-refractivity contribution in [2.75, 3.05) is 0 Å². The summed E-state index contributed by atoms with van der Waals surface area (Å²) in [7, 11) is 0. The molecule has 0 spiro atoms. The Kier molecular flexibility index (Phi) is 3.28. The minimum Gasteiger partial charge on any atom is -0.296 e. The van der Waals surface area contributed by atoms with E-state index in [1.54, 1.807) is 6.07 Å². The Morgan fingerprint density at radius 2 is 2.06 bits per heavy atom. The van der Waals surface area contributed by atoms with Gasteiger partial charge in [0.2, 0.25) is 0 Å². The van der Waals surface area contributed by atoms with E-state index < -0.39 is 0 Å². The van der Waals surface area contributed by atoms with Crippen molar-refractivity contribution < 1.29 is 4.79 Å². The van der Waals surface area contributed by atoms with E-state index >= 15 is 0 Å². The smallest absolute Gasteiger partial charge is 0.168 e. The largest absolute Gasteiger partial charge is 0.296 e. The van der Waals surface area contributed by atoms with Gasteiger partial charge in [-0.25, -0.2) is 9.97 Å². The first-order valence-electron chi connectivity index (χ1n) is 5.61. The van der Waals surface area contributed by atoms with E-state index in [1.165, 1.54) is 17.5 Å². The van der Waals surface area contributed by atoms with E-state index in [0.717, 1.165) is 24.0 Å². The molecular formula is C14H14N2O. The monoisotopic (exact) mass is 226 g/mol. The van der Waals surface area contributed by atoms with Gasteiger partial charge in [-0.05, 0) is 31.0 Å². The summed E-state index contributed by atoms with van der Waals surface area (Å²) in [5.74, 6) is 0. The number of aromatic nitrogens is 2. The second-order valence-electron chi connectivity index (χ2n) is 3.96. The van der Waals surface area contributed by atoms with Gasteiger partial charge in [0.25, 0.3) is 0 Å². The molecule has 0 N–H and O–H groups in total. The van der Waals surface area contributed by atoms with Gasteiger partial charge in [0.15, 0.2) is 6.29 Å². The van der Waals surface area contributed by atoms with Crippen LogP contribution < -0.4 is 0 Å². The van der Waals surface area contributed by atoms with Gasteiger partial charge in [-0.1, -0.05) is 24.6 Å². The Hall–Kier alpha value is -2.03. The second-order valence-corrected chi connectivity index (χ2v) is 3.96. The van der Waals surface area contributed by atoms with Crippen molar-refractivity contribution >= 4 is 6.29 Å². The fourth-order valence-electron chi connectivity index (χ4n) is 1.82. The number of benzene rings is 1. The fraction of sp³-hybridized carbons (Fsp3) is 0.214. The van der Waals surface area contributed by atoms with Crippen LogP contribution in [0.15, 0.2) is 30.6 Å². The predicted molar refractivity (Wildman–Crippen MR) is 67.0 cm³/mol. The number of hydrogen-bond donors (Lipinski definition) is 0. The number of nitrogens with zero attached hydrogens (tertiary/aromatic N) is 2. The lowest BCUT2D eigenvalue weighted by atomic mass is 9.99. The van der Waals surface area contributed by atoms with Crippen LogP contribution in [-0.4, -0.2) is 16.3 Å². The summed E-state index contributed by atoms with van der Waals surface area (Å²) in [6, 6.07) is 8.01. The van der Waals surface area contributed by atoms with Crippen LogP contribution in [0, 0.1) is 6.92 Å². The van der Waals surface area contributed by atoms with Crippen LogP contribution in [0.2, 0.25) is 0 Å². The fourth-order valence-corrected chi connectivity index (χ4v) is 1.82. The molecule has 0 atom stereocenters. The zero-order valence-corrected chi connectivity index (χ0v) is 9.97. The molecule has 0 saturated heterocycles. The maximum atomic E-state index is 10.7. The molecule has 0 aliphatic rings. The van der Waals surface area contributed by atoms with Crippen molar-refractivity contribution in [3.05, 3.63) is 47.4 Å². The van der Waals surface area contributed by atoms with Crippen molar-refractivity contribution in [3.63, 3.8) is 0 Å². The summed E-state index contributed by atoms with van der Waals surface area (Å²) < 4.78 is 0. The minimum atomic E-state index is 0.415. The van der Waals surface area contributed by atoms with Gasteiger partial charge in [0.1, 0.15) is 12.0 Å². The molecule has 0 aliphatic carbocycles. The quantitative estimate of drug-likeness (QED) is 0.756. The van der Waals surface area contributed by atoms with Crippen molar-refractivity contribution in [3.8, 4) is 11.3 Å². The number of aryl methyl sites for hydroxylation is 2. The minimum absolute atomic E-state index is 0.415. The highest BCUT2D eigenvalue weighted by atomic mass is 16.1. The topological polar surface area (TPSA) is 42.9 Å². The van der Waals surface area contributed by atoms with E-state index in [-0.39, 0.29) is 0 Å². The van der Waals surface area contributed by atoms with Crippen molar-refractivity contribution in [2.24, 2.45) is 0 Å². The van der Waals surface area contributed by atoms with Gasteiger partial charge in [-0.3, -0.25) is 4.79 Å². The molecule has 0 saturated carbocycles. The molecule has 1 aromatic heterocycles. The normalized spacial score (nSPS) is 10.2. The van der Waals surface area contributed by atoms with Gasteiger partial charge < -0.3 is 0 Å². The van der Waals surface area contributed by atoms with E-state index in [4.69, 9.17) is 0 Å². The van der Waals surface area contributed by atoms with Crippen molar-refractivity contribution in [2.45, 2.75) is 20.3 Å². The average Bonchev–Trinajstić information content (AvgIpc) is 2.39. The molecule has 3 heteroatoms. The summed E-state index contributed by atoms with van der Waals surface area (Å²) in [5.41, 5.74) is 4.72. The molecule has 2 aromatic rings. The van der Waals surface area contributed by atoms with Crippen LogP contribution in [0.1, 0.15) is 28.5 Å². The zero-order valence-electron chi connectivity index (χ0n) is 9.97. The number of carbonyl (C=O) groups is 1. The highest BCUT2D eigenvalue weighted by Gasteiger charge is 2.06. The van der Waals surface area contributed by atoms with Crippen molar-refractivity contribution in [1.29, 1.82) is 0 Å². The van der Waals surface area contributed by atoms with Gasteiger partial charge in [0.05, 0.1) is 5.69 Å². The standard InChI is InChI=1S/C14H14N2O/c1-3-11-5-4-10(2)6-13(11)14-7-12(8-17)15-9-16-14/h4-9H,3H2,1-2H3. The number of aldehydes is 1. The number of carbonyl (C=O) groups excluding carboxylic acids is 1. The highest BCUT2D eigenvalue weighted by molar-refractivity contribution is 5.75. The molecular weight excluding hydrogens is 212 g/mol.